The minimum absolute atomic E-state index is 0. The van der Waals surface area contributed by atoms with Gasteiger partial charge < -0.3 is 15.0 Å². The number of alkyl halides is 4. The maximum atomic E-state index is 12.8. The molecule has 6 nitrogen and oxygen atoms in total. The number of halogens is 5. The molecule has 0 atom stereocenters. The molecule has 0 aromatic carbocycles. The van der Waals surface area contributed by atoms with Gasteiger partial charge in [-0.1, -0.05) is 18.0 Å². The Bertz CT molecular complexity index is 721. The highest BCUT2D eigenvalue weighted by molar-refractivity contribution is 5.85. The summed E-state index contributed by atoms with van der Waals surface area (Å²) < 4.78 is 59.5. The standard InChI is InChI=1S/C15H16F4N4O2.ClH/c16-12(17)15(18,19)8-24-10-4-3-9(7-21-10)11-22-13(23-25-11)14(20)5-1-2-6-14;/h3-4,7,12H,1-2,5-6,8,20H2;1H. The molecule has 11 heteroatoms. The smallest absolute Gasteiger partial charge is 0.340 e. The van der Waals surface area contributed by atoms with Gasteiger partial charge in [-0.25, -0.2) is 13.8 Å². The first-order valence-corrected chi connectivity index (χ1v) is 7.68. The number of hydrogen-bond acceptors (Lipinski definition) is 6. The highest BCUT2D eigenvalue weighted by Gasteiger charge is 2.42. The lowest BCUT2D eigenvalue weighted by Gasteiger charge is -2.17. The van der Waals surface area contributed by atoms with Gasteiger partial charge in [0.25, 0.3) is 5.89 Å². The van der Waals surface area contributed by atoms with Crippen molar-refractivity contribution >= 4 is 12.4 Å². The molecule has 2 aromatic heterocycles. The molecule has 0 aliphatic heterocycles. The van der Waals surface area contributed by atoms with Crippen LogP contribution in [-0.4, -0.2) is 34.1 Å². The Kier molecular flexibility index (Phi) is 6.07. The molecule has 2 aromatic rings. The topological polar surface area (TPSA) is 87.1 Å². The summed E-state index contributed by atoms with van der Waals surface area (Å²) in [6.45, 7) is -1.46. The molecule has 0 radical (unpaired) electrons. The molecule has 3 rings (SSSR count). The Balaban J connectivity index is 0.00000243. The summed E-state index contributed by atoms with van der Waals surface area (Å²) in [5.41, 5.74) is 6.09. The summed E-state index contributed by atoms with van der Waals surface area (Å²) in [6, 6.07) is 2.71. The van der Waals surface area contributed by atoms with Gasteiger partial charge in [0, 0.05) is 12.3 Å². The van der Waals surface area contributed by atoms with Gasteiger partial charge in [-0.3, -0.25) is 0 Å². The molecule has 1 saturated carbocycles. The molecule has 0 saturated heterocycles. The normalized spacial score (nSPS) is 16.5. The zero-order valence-corrected chi connectivity index (χ0v) is 14.3. The lowest BCUT2D eigenvalue weighted by molar-refractivity contribution is -0.148. The number of nitrogens with two attached hydrogens (primary N) is 1. The van der Waals surface area contributed by atoms with Crippen molar-refractivity contribution in [2.45, 2.75) is 43.6 Å². The van der Waals surface area contributed by atoms with Crippen LogP contribution in [0.25, 0.3) is 11.5 Å². The van der Waals surface area contributed by atoms with Gasteiger partial charge in [-0.05, 0) is 18.9 Å². The lowest BCUT2D eigenvalue weighted by atomic mass is 9.99. The van der Waals surface area contributed by atoms with Gasteiger partial charge in [0.2, 0.25) is 5.88 Å². The highest BCUT2D eigenvalue weighted by Crippen LogP contribution is 2.35. The third kappa shape index (κ3) is 4.24. The van der Waals surface area contributed by atoms with Gasteiger partial charge in [-0.15, -0.1) is 12.4 Å². The fourth-order valence-electron chi connectivity index (χ4n) is 2.60. The molecule has 26 heavy (non-hydrogen) atoms. The van der Waals surface area contributed by atoms with Crippen LogP contribution in [0.4, 0.5) is 17.6 Å². The molecule has 0 amide bonds. The fraction of sp³-hybridized carbons (Fsp3) is 0.533. The van der Waals surface area contributed by atoms with Crippen LogP contribution in [0.5, 0.6) is 5.88 Å². The second-order valence-corrected chi connectivity index (χ2v) is 6.02. The van der Waals surface area contributed by atoms with Gasteiger partial charge >= 0.3 is 12.3 Å². The third-order valence-electron chi connectivity index (χ3n) is 4.08. The minimum Gasteiger partial charge on any atom is -0.471 e. The molecule has 2 heterocycles. The number of aromatic nitrogens is 3. The van der Waals surface area contributed by atoms with Crippen LogP contribution in [0.2, 0.25) is 0 Å². The number of pyridine rings is 1. The quantitative estimate of drug-likeness (QED) is 0.751. The van der Waals surface area contributed by atoms with Crippen molar-refractivity contribution in [2.75, 3.05) is 6.61 Å². The van der Waals surface area contributed by atoms with Gasteiger partial charge in [0.1, 0.15) is 0 Å². The monoisotopic (exact) mass is 396 g/mol. The molecule has 2 N–H and O–H groups in total. The van der Waals surface area contributed by atoms with E-state index in [1.807, 2.05) is 0 Å². The van der Waals surface area contributed by atoms with Crippen LogP contribution in [0.15, 0.2) is 22.9 Å². The van der Waals surface area contributed by atoms with Crippen LogP contribution in [-0.2, 0) is 5.54 Å². The van der Waals surface area contributed by atoms with E-state index < -0.39 is 24.5 Å². The van der Waals surface area contributed by atoms with Crippen molar-refractivity contribution in [2.24, 2.45) is 5.73 Å². The molecule has 1 aliphatic rings. The summed E-state index contributed by atoms with van der Waals surface area (Å²) >= 11 is 0. The molecule has 0 spiro atoms. The molecular weight excluding hydrogens is 380 g/mol. The lowest BCUT2D eigenvalue weighted by Crippen LogP contribution is -2.34. The van der Waals surface area contributed by atoms with Crippen LogP contribution in [0.1, 0.15) is 31.5 Å². The van der Waals surface area contributed by atoms with Crippen LogP contribution >= 0.6 is 12.4 Å². The Morgan fingerprint density at radius 2 is 1.96 bits per heavy atom. The van der Waals surface area contributed by atoms with E-state index in [0.717, 1.165) is 25.7 Å². The first kappa shape index (κ1) is 20.4. The van der Waals surface area contributed by atoms with E-state index in [9.17, 15) is 17.6 Å². The average molecular weight is 397 g/mol. The van der Waals surface area contributed by atoms with Crippen molar-refractivity contribution < 1.29 is 26.8 Å². The van der Waals surface area contributed by atoms with E-state index in [1.165, 1.54) is 18.3 Å². The summed E-state index contributed by atoms with van der Waals surface area (Å²) in [5, 5.41) is 3.90. The van der Waals surface area contributed by atoms with E-state index in [0.29, 0.717) is 11.4 Å². The summed E-state index contributed by atoms with van der Waals surface area (Å²) in [4.78, 5) is 8.05. The maximum absolute atomic E-state index is 12.8. The fourth-order valence-corrected chi connectivity index (χ4v) is 2.60. The minimum atomic E-state index is -4.24. The SMILES string of the molecule is Cl.NC1(c2noc(-c3ccc(OCC(F)(F)C(F)F)nc3)n2)CCCC1. The Morgan fingerprint density at radius 3 is 2.54 bits per heavy atom. The predicted molar refractivity (Wildman–Crippen MR) is 85.6 cm³/mol. The number of ether oxygens (including phenoxy) is 1. The Morgan fingerprint density at radius 1 is 1.27 bits per heavy atom. The Hall–Kier alpha value is -1.94. The first-order valence-electron chi connectivity index (χ1n) is 7.68. The largest absolute Gasteiger partial charge is 0.471 e. The second-order valence-electron chi connectivity index (χ2n) is 6.02. The van der Waals surface area contributed by atoms with E-state index in [1.54, 1.807) is 0 Å². The van der Waals surface area contributed by atoms with E-state index >= 15 is 0 Å². The number of hydrogen-bond donors (Lipinski definition) is 1. The van der Waals surface area contributed by atoms with E-state index in [2.05, 4.69) is 19.9 Å². The average Bonchev–Trinajstić information content (AvgIpc) is 3.23. The molecular formula is C15H17ClF4N4O2. The molecule has 144 valence electrons. The predicted octanol–water partition coefficient (Wildman–Crippen LogP) is 3.56. The number of rotatable bonds is 6. The third-order valence-corrected chi connectivity index (χ3v) is 4.08. The van der Waals surface area contributed by atoms with E-state index in [4.69, 9.17) is 10.3 Å². The number of nitrogens with zero attached hydrogens (tertiary/aromatic N) is 3. The van der Waals surface area contributed by atoms with Gasteiger partial charge in [0.15, 0.2) is 12.4 Å². The van der Waals surface area contributed by atoms with Crippen LogP contribution in [0.3, 0.4) is 0 Å². The summed E-state index contributed by atoms with van der Waals surface area (Å²) in [5.74, 6) is -3.85. The highest BCUT2D eigenvalue weighted by atomic mass is 35.5. The van der Waals surface area contributed by atoms with Crippen molar-refractivity contribution in [1.29, 1.82) is 0 Å². The Labute approximate surface area is 152 Å². The molecule has 1 aliphatic carbocycles. The molecule has 0 bridgehead atoms. The summed E-state index contributed by atoms with van der Waals surface area (Å²) in [6.07, 6.45) is 1.01. The van der Waals surface area contributed by atoms with Crippen molar-refractivity contribution in [3.63, 3.8) is 0 Å². The van der Waals surface area contributed by atoms with Crippen molar-refractivity contribution in [3.05, 3.63) is 24.2 Å². The van der Waals surface area contributed by atoms with Crippen LogP contribution in [0, 0.1) is 0 Å². The van der Waals surface area contributed by atoms with Crippen LogP contribution < -0.4 is 10.5 Å². The second kappa shape index (κ2) is 7.75. The zero-order chi connectivity index (χ0) is 18.1. The maximum Gasteiger partial charge on any atom is 0.340 e. The van der Waals surface area contributed by atoms with Crippen molar-refractivity contribution in [3.8, 4) is 17.3 Å². The van der Waals surface area contributed by atoms with Crippen molar-refractivity contribution in [1.82, 2.24) is 15.1 Å². The van der Waals surface area contributed by atoms with Gasteiger partial charge in [-0.2, -0.15) is 13.8 Å². The summed E-state index contributed by atoms with van der Waals surface area (Å²) in [7, 11) is 0. The first-order chi connectivity index (χ1) is 11.8. The molecule has 1 fully saturated rings. The van der Waals surface area contributed by atoms with E-state index in [-0.39, 0.29) is 24.2 Å². The van der Waals surface area contributed by atoms with Gasteiger partial charge in [0.05, 0.1) is 11.1 Å². The zero-order valence-electron chi connectivity index (χ0n) is 13.5. The molecule has 0 unspecified atom stereocenters.